The molecular weight excluding hydrogens is 556 g/mol. The average molecular weight is 599 g/mol. The van der Waals surface area contributed by atoms with Crippen LogP contribution in [0.2, 0.25) is 0 Å². The summed E-state index contributed by atoms with van der Waals surface area (Å²) in [6.45, 7) is 7.46. The minimum atomic E-state index is -0.430. The highest BCUT2D eigenvalue weighted by Gasteiger charge is 2.36. The SMILES string of the molecule is COc1cc(C(=O)N2CCC[C@@H](N)C2)cn2nc(-c3cc4cccc(C5CN(C(=O)C(C)OC)C5)c4n3CC3CC3)c(C)c12. The van der Waals surface area contributed by atoms with Crippen LogP contribution < -0.4 is 10.5 Å². The van der Waals surface area contributed by atoms with Gasteiger partial charge in [0.25, 0.3) is 11.8 Å². The fraction of sp³-hybridized carbons (Fsp3) is 0.500. The molecule has 232 valence electrons. The molecule has 44 heavy (non-hydrogen) atoms. The van der Waals surface area contributed by atoms with Crippen molar-refractivity contribution < 1.29 is 19.1 Å². The first-order valence-corrected chi connectivity index (χ1v) is 15.8. The van der Waals surface area contributed by atoms with Gasteiger partial charge in [-0.2, -0.15) is 5.10 Å². The van der Waals surface area contributed by atoms with E-state index in [1.54, 1.807) is 21.1 Å². The van der Waals surface area contributed by atoms with Crippen LogP contribution in [0, 0.1) is 12.8 Å². The maximum atomic E-state index is 13.5. The van der Waals surface area contributed by atoms with Crippen LogP contribution in [-0.2, 0) is 16.1 Å². The van der Waals surface area contributed by atoms with Gasteiger partial charge in [-0.3, -0.25) is 9.59 Å². The quantitative estimate of drug-likeness (QED) is 0.326. The molecule has 0 spiro atoms. The predicted octanol–water partition coefficient (Wildman–Crippen LogP) is 4.21. The van der Waals surface area contributed by atoms with Crippen LogP contribution in [-0.4, -0.2) is 88.3 Å². The Bertz CT molecular complexity index is 1750. The summed E-state index contributed by atoms with van der Waals surface area (Å²) in [6, 6.07) is 10.6. The molecule has 0 radical (unpaired) electrons. The van der Waals surface area contributed by atoms with E-state index in [0.29, 0.717) is 43.4 Å². The van der Waals surface area contributed by atoms with Crippen LogP contribution in [0.4, 0.5) is 0 Å². The van der Waals surface area contributed by atoms with Crippen LogP contribution in [0.5, 0.6) is 5.75 Å². The van der Waals surface area contributed by atoms with Crippen LogP contribution in [0.1, 0.15) is 60.0 Å². The highest BCUT2D eigenvalue weighted by atomic mass is 16.5. The molecule has 0 bridgehead atoms. The molecule has 2 saturated heterocycles. The number of hydrogen-bond donors (Lipinski definition) is 1. The lowest BCUT2D eigenvalue weighted by atomic mass is 9.89. The number of carbonyl (C=O) groups is 2. The standard InChI is InChI=1S/C34H42N6O4/c1-20-30(36-40-18-24(14-29(44-4)31(20)40)34(42)37-12-6-8-26(35)19-37)28-13-23-7-5-9-27(32(23)39(28)15-22-10-11-22)25-16-38(17-25)33(41)21(2)43-3/h5,7,9,13-14,18,21-22,25-26H,6,8,10-12,15-17,19,35H2,1-4H3/t21?,26-/m1/s1. The molecule has 10 heteroatoms. The number of fused-ring (bicyclic) bond motifs is 2. The van der Waals surface area contributed by atoms with Gasteiger partial charge in [-0.15, -0.1) is 0 Å². The van der Waals surface area contributed by atoms with E-state index >= 15 is 0 Å². The molecule has 2 aliphatic heterocycles. The van der Waals surface area contributed by atoms with Crippen molar-refractivity contribution in [1.29, 1.82) is 0 Å². The maximum Gasteiger partial charge on any atom is 0.255 e. The van der Waals surface area contributed by atoms with Gasteiger partial charge < -0.3 is 29.6 Å². The molecular formula is C34H42N6O4. The normalized spacial score (nSPS) is 19.9. The number of aryl methyl sites for hydroxylation is 1. The van der Waals surface area contributed by atoms with Crippen molar-refractivity contribution in [2.45, 2.75) is 64.1 Å². The number of carbonyl (C=O) groups excluding carboxylic acids is 2. The maximum absolute atomic E-state index is 13.5. The molecule has 1 aliphatic carbocycles. The molecule has 10 nitrogen and oxygen atoms in total. The number of piperidine rings is 1. The third kappa shape index (κ3) is 4.94. The molecule has 2 N–H and O–H groups in total. The Morgan fingerprint density at radius 1 is 1.07 bits per heavy atom. The van der Waals surface area contributed by atoms with Crippen molar-refractivity contribution in [2.75, 3.05) is 40.4 Å². The summed E-state index contributed by atoms with van der Waals surface area (Å²) >= 11 is 0. The molecule has 2 atom stereocenters. The highest BCUT2D eigenvalue weighted by Crippen LogP contribution is 2.41. The number of nitrogens with two attached hydrogens (primary N) is 1. The molecule has 2 amide bonds. The van der Waals surface area contributed by atoms with E-state index in [9.17, 15) is 9.59 Å². The van der Waals surface area contributed by atoms with E-state index in [2.05, 4.69) is 35.8 Å². The number of likely N-dealkylation sites (tertiary alicyclic amines) is 2. The molecule has 1 unspecified atom stereocenters. The Hall–Kier alpha value is -3.89. The van der Waals surface area contributed by atoms with E-state index in [0.717, 1.165) is 41.9 Å². The van der Waals surface area contributed by atoms with Gasteiger partial charge in [-0.05, 0) is 63.1 Å². The summed E-state index contributed by atoms with van der Waals surface area (Å²) in [6.07, 6.45) is 5.70. The second-order valence-electron chi connectivity index (χ2n) is 12.9. The van der Waals surface area contributed by atoms with Gasteiger partial charge in [0.05, 0.1) is 23.9 Å². The van der Waals surface area contributed by atoms with Gasteiger partial charge in [0, 0.05) is 68.9 Å². The van der Waals surface area contributed by atoms with Crippen molar-refractivity contribution in [3.63, 3.8) is 0 Å². The van der Waals surface area contributed by atoms with Crippen LogP contribution >= 0.6 is 0 Å². The topological polar surface area (TPSA) is 107 Å². The number of ether oxygens (including phenoxy) is 2. The third-order valence-electron chi connectivity index (χ3n) is 9.81. The largest absolute Gasteiger partial charge is 0.494 e. The third-order valence-corrected chi connectivity index (χ3v) is 9.81. The second-order valence-corrected chi connectivity index (χ2v) is 12.9. The fourth-order valence-electron chi connectivity index (χ4n) is 7.02. The van der Waals surface area contributed by atoms with E-state index in [-0.39, 0.29) is 23.8 Å². The number of aromatic nitrogens is 3. The van der Waals surface area contributed by atoms with Gasteiger partial charge >= 0.3 is 0 Å². The summed E-state index contributed by atoms with van der Waals surface area (Å²) in [5.41, 5.74) is 13.0. The summed E-state index contributed by atoms with van der Waals surface area (Å²) in [5, 5.41) is 6.28. The Morgan fingerprint density at radius 2 is 1.86 bits per heavy atom. The monoisotopic (exact) mass is 598 g/mol. The first kappa shape index (κ1) is 28.9. The second kappa shape index (κ2) is 11.2. The number of amides is 2. The van der Waals surface area contributed by atoms with E-state index in [1.165, 1.54) is 29.3 Å². The lowest BCUT2D eigenvalue weighted by Gasteiger charge is -2.41. The lowest BCUT2D eigenvalue weighted by Crippen LogP contribution is -2.52. The average Bonchev–Trinajstić information content (AvgIpc) is 3.67. The van der Waals surface area contributed by atoms with Crippen LogP contribution in [0.15, 0.2) is 36.5 Å². The zero-order valence-electron chi connectivity index (χ0n) is 26.1. The zero-order chi connectivity index (χ0) is 30.7. The van der Waals surface area contributed by atoms with Crippen molar-refractivity contribution in [1.82, 2.24) is 24.0 Å². The number of benzene rings is 1. The summed E-state index contributed by atoms with van der Waals surface area (Å²) in [7, 11) is 3.22. The van der Waals surface area contributed by atoms with Gasteiger partial charge in [0.1, 0.15) is 23.1 Å². The van der Waals surface area contributed by atoms with Gasteiger partial charge in [-0.1, -0.05) is 18.2 Å². The number of para-hydroxylation sites is 1. The molecule has 1 aromatic carbocycles. The van der Waals surface area contributed by atoms with Gasteiger partial charge in [0.2, 0.25) is 0 Å². The number of rotatable bonds is 8. The summed E-state index contributed by atoms with van der Waals surface area (Å²) < 4.78 is 15.4. The van der Waals surface area contributed by atoms with Crippen molar-refractivity contribution in [3.8, 4) is 17.1 Å². The number of hydrogen-bond acceptors (Lipinski definition) is 6. The van der Waals surface area contributed by atoms with Crippen molar-refractivity contribution in [2.24, 2.45) is 11.7 Å². The first-order valence-electron chi connectivity index (χ1n) is 15.8. The highest BCUT2D eigenvalue weighted by molar-refractivity contribution is 5.96. The van der Waals surface area contributed by atoms with Crippen LogP contribution in [0.3, 0.4) is 0 Å². The number of nitrogens with zero attached hydrogens (tertiary/aromatic N) is 5. The predicted molar refractivity (Wildman–Crippen MR) is 169 cm³/mol. The van der Waals surface area contributed by atoms with Gasteiger partial charge in [0.15, 0.2) is 0 Å². The van der Waals surface area contributed by atoms with E-state index in [1.807, 2.05) is 26.6 Å². The Balaban J connectivity index is 1.29. The minimum absolute atomic E-state index is 0.00701. The van der Waals surface area contributed by atoms with Crippen molar-refractivity contribution >= 4 is 28.2 Å². The Labute approximate surface area is 257 Å². The smallest absolute Gasteiger partial charge is 0.255 e. The molecule has 1 saturated carbocycles. The lowest BCUT2D eigenvalue weighted by molar-refractivity contribution is -0.145. The molecule has 5 heterocycles. The van der Waals surface area contributed by atoms with E-state index < -0.39 is 6.10 Å². The fourth-order valence-corrected chi connectivity index (χ4v) is 7.02. The summed E-state index contributed by atoms with van der Waals surface area (Å²) in [4.78, 5) is 29.9. The van der Waals surface area contributed by atoms with E-state index in [4.69, 9.17) is 20.3 Å². The Kier molecular flexibility index (Phi) is 7.37. The zero-order valence-corrected chi connectivity index (χ0v) is 26.1. The Morgan fingerprint density at radius 3 is 2.57 bits per heavy atom. The summed E-state index contributed by atoms with van der Waals surface area (Å²) in [5.74, 6) is 1.54. The van der Waals surface area contributed by atoms with Gasteiger partial charge in [-0.25, -0.2) is 4.52 Å². The first-order chi connectivity index (χ1) is 21.3. The van der Waals surface area contributed by atoms with Crippen LogP contribution in [0.25, 0.3) is 27.8 Å². The van der Waals surface area contributed by atoms with Crippen molar-refractivity contribution in [3.05, 3.63) is 53.2 Å². The molecule has 3 fully saturated rings. The molecule has 3 aliphatic rings. The number of pyridine rings is 1. The molecule has 4 aromatic rings. The molecule has 3 aromatic heterocycles. The molecule has 7 rings (SSSR count). The number of methoxy groups -OCH3 is 2. The minimum Gasteiger partial charge on any atom is -0.494 e.